The molecule has 2 aliphatic rings. The molecule has 0 spiro atoms. The molecule has 1 fully saturated rings. The first-order valence-electron chi connectivity index (χ1n) is 13.0. The van der Waals surface area contributed by atoms with E-state index in [1.54, 1.807) is 20.3 Å². The number of nitrogens with zero attached hydrogens (tertiary/aromatic N) is 1. The number of benzene rings is 3. The van der Waals surface area contributed by atoms with Gasteiger partial charge >= 0.3 is 0 Å². The Morgan fingerprint density at radius 3 is 2.14 bits per heavy atom. The number of phenols is 1. The van der Waals surface area contributed by atoms with Gasteiger partial charge in [-0.15, -0.1) is 0 Å². The van der Waals surface area contributed by atoms with Gasteiger partial charge in [-0.2, -0.15) is 0 Å². The molecule has 37 heavy (non-hydrogen) atoms. The number of aromatic hydroxyl groups is 1. The number of ether oxygens (including phenoxy) is 2. The molecule has 1 aliphatic carbocycles. The van der Waals surface area contributed by atoms with Crippen molar-refractivity contribution in [2.45, 2.75) is 50.2 Å². The minimum atomic E-state index is -3.02. The largest absolute Gasteiger partial charge is 0.508 e. The standard InChI is InChI=1S/C31H35F2NO3/c1-20-4-6-21(7-5-20)27-19-31(32,33)28-18-25(35)12-13-26(28)29(27)22-8-10-24(11-9-22)34-16-14-23(15-17-34)30(36-2)37-3/h4-13,18,23,27,29-30,35H,14-17,19H2,1-3H3. The molecule has 1 saturated heterocycles. The zero-order valence-electron chi connectivity index (χ0n) is 21.7. The second-order valence-electron chi connectivity index (χ2n) is 10.4. The maximum Gasteiger partial charge on any atom is 0.274 e. The molecule has 2 atom stereocenters. The van der Waals surface area contributed by atoms with E-state index in [1.807, 2.05) is 31.2 Å². The van der Waals surface area contributed by atoms with Crippen LogP contribution in [0, 0.1) is 12.8 Å². The first-order chi connectivity index (χ1) is 17.8. The summed E-state index contributed by atoms with van der Waals surface area (Å²) in [5.74, 6) is -3.39. The van der Waals surface area contributed by atoms with Gasteiger partial charge in [-0.1, -0.05) is 48.0 Å². The van der Waals surface area contributed by atoms with Crippen molar-refractivity contribution in [2.75, 3.05) is 32.2 Å². The van der Waals surface area contributed by atoms with Crippen molar-refractivity contribution in [3.05, 3.63) is 94.5 Å². The summed E-state index contributed by atoms with van der Waals surface area (Å²) in [5.41, 5.74) is 4.66. The van der Waals surface area contributed by atoms with E-state index in [0.717, 1.165) is 48.3 Å². The van der Waals surface area contributed by atoms with Gasteiger partial charge in [-0.3, -0.25) is 0 Å². The lowest BCUT2D eigenvalue weighted by atomic mass is 9.68. The van der Waals surface area contributed by atoms with Crippen molar-refractivity contribution in [3.8, 4) is 5.75 Å². The number of rotatable bonds is 6. The van der Waals surface area contributed by atoms with E-state index in [4.69, 9.17) is 9.47 Å². The number of piperidine rings is 1. The third-order valence-electron chi connectivity index (χ3n) is 8.16. The number of halogens is 2. The van der Waals surface area contributed by atoms with E-state index >= 15 is 8.78 Å². The Bertz CT molecular complexity index is 1200. The summed E-state index contributed by atoms with van der Waals surface area (Å²) >= 11 is 0. The van der Waals surface area contributed by atoms with E-state index in [0.29, 0.717) is 11.5 Å². The Morgan fingerprint density at radius 2 is 1.51 bits per heavy atom. The summed E-state index contributed by atoms with van der Waals surface area (Å²) in [6.07, 6.45) is 1.50. The predicted octanol–water partition coefficient (Wildman–Crippen LogP) is 6.95. The maximum absolute atomic E-state index is 15.4. The predicted molar refractivity (Wildman–Crippen MR) is 142 cm³/mol. The molecule has 0 saturated carbocycles. The molecular formula is C31H35F2NO3. The summed E-state index contributed by atoms with van der Waals surface area (Å²) < 4.78 is 41.7. The van der Waals surface area contributed by atoms with Crippen LogP contribution >= 0.6 is 0 Å². The Hall–Kier alpha value is -2.96. The summed E-state index contributed by atoms with van der Waals surface area (Å²) in [5, 5.41) is 10.0. The zero-order chi connectivity index (χ0) is 26.2. The van der Waals surface area contributed by atoms with Crippen LogP contribution in [0.15, 0.2) is 66.7 Å². The summed E-state index contributed by atoms with van der Waals surface area (Å²) in [4.78, 5) is 2.36. The van der Waals surface area contributed by atoms with Crippen molar-refractivity contribution in [1.29, 1.82) is 0 Å². The van der Waals surface area contributed by atoms with Crippen molar-refractivity contribution in [1.82, 2.24) is 0 Å². The van der Waals surface area contributed by atoms with E-state index in [-0.39, 0.29) is 35.9 Å². The fourth-order valence-electron chi connectivity index (χ4n) is 6.19. The van der Waals surface area contributed by atoms with Crippen LogP contribution in [0.4, 0.5) is 14.5 Å². The summed E-state index contributed by atoms with van der Waals surface area (Å²) in [7, 11) is 3.37. The molecule has 1 N–H and O–H groups in total. The zero-order valence-corrected chi connectivity index (χ0v) is 21.7. The van der Waals surface area contributed by atoms with Gasteiger partial charge in [-0.05, 0) is 60.7 Å². The molecule has 1 heterocycles. The van der Waals surface area contributed by atoms with Crippen molar-refractivity contribution >= 4 is 5.69 Å². The van der Waals surface area contributed by atoms with Crippen molar-refractivity contribution in [2.24, 2.45) is 5.92 Å². The lowest BCUT2D eigenvalue weighted by Gasteiger charge is -2.39. The van der Waals surface area contributed by atoms with Crippen LogP contribution < -0.4 is 4.90 Å². The fraction of sp³-hybridized carbons (Fsp3) is 0.419. The minimum Gasteiger partial charge on any atom is -0.508 e. The Kier molecular flexibility index (Phi) is 7.24. The van der Waals surface area contributed by atoms with Gasteiger partial charge in [-0.25, -0.2) is 8.78 Å². The van der Waals surface area contributed by atoms with Gasteiger partial charge in [0.25, 0.3) is 5.92 Å². The summed E-state index contributed by atoms with van der Waals surface area (Å²) in [6.45, 7) is 3.83. The van der Waals surface area contributed by atoms with E-state index in [2.05, 4.69) is 29.2 Å². The first-order valence-corrected chi connectivity index (χ1v) is 13.0. The van der Waals surface area contributed by atoms with E-state index in [1.165, 1.54) is 12.1 Å². The Morgan fingerprint density at radius 1 is 0.892 bits per heavy atom. The lowest BCUT2D eigenvalue weighted by molar-refractivity contribution is -0.141. The minimum absolute atomic E-state index is 0.0714. The van der Waals surface area contributed by atoms with Gasteiger partial charge in [0, 0.05) is 62.7 Å². The molecule has 196 valence electrons. The highest BCUT2D eigenvalue weighted by atomic mass is 19.3. The second kappa shape index (κ2) is 10.4. The van der Waals surface area contributed by atoms with Gasteiger partial charge in [0.2, 0.25) is 0 Å². The van der Waals surface area contributed by atoms with Crippen LogP contribution in [-0.2, 0) is 15.4 Å². The van der Waals surface area contributed by atoms with Crippen LogP contribution in [-0.4, -0.2) is 38.7 Å². The smallest absolute Gasteiger partial charge is 0.274 e. The fourth-order valence-corrected chi connectivity index (χ4v) is 6.19. The van der Waals surface area contributed by atoms with Gasteiger partial charge in [0.1, 0.15) is 5.75 Å². The topological polar surface area (TPSA) is 41.9 Å². The molecule has 0 bridgehead atoms. The SMILES string of the molecule is COC(OC)C1CCN(c2ccc(C3c4ccc(O)cc4C(F)(F)CC3c3ccc(C)cc3)cc2)CC1. The third-order valence-corrected chi connectivity index (χ3v) is 8.16. The Labute approximate surface area is 217 Å². The number of hydrogen-bond donors (Lipinski definition) is 1. The van der Waals surface area contributed by atoms with Crippen LogP contribution in [0.2, 0.25) is 0 Å². The summed E-state index contributed by atoms with van der Waals surface area (Å²) in [6, 6.07) is 20.7. The molecule has 5 rings (SSSR count). The molecule has 0 aromatic heterocycles. The maximum atomic E-state index is 15.4. The molecule has 1 aliphatic heterocycles. The third kappa shape index (κ3) is 5.10. The molecular weight excluding hydrogens is 472 g/mol. The van der Waals surface area contributed by atoms with E-state index in [9.17, 15) is 5.11 Å². The highest BCUT2D eigenvalue weighted by Gasteiger charge is 2.47. The number of fused-ring (bicyclic) bond motifs is 1. The van der Waals surface area contributed by atoms with Gasteiger partial charge < -0.3 is 19.5 Å². The molecule has 6 heteroatoms. The number of anilines is 1. The number of aryl methyl sites for hydroxylation is 1. The lowest BCUT2D eigenvalue weighted by Crippen LogP contribution is -2.39. The highest BCUT2D eigenvalue weighted by Crippen LogP contribution is 2.55. The second-order valence-corrected chi connectivity index (χ2v) is 10.4. The number of methoxy groups -OCH3 is 2. The van der Waals surface area contributed by atoms with Gasteiger partial charge in [0.05, 0.1) is 0 Å². The first kappa shape index (κ1) is 25.7. The highest BCUT2D eigenvalue weighted by molar-refractivity contribution is 5.53. The Balaban J connectivity index is 1.46. The molecule has 0 amide bonds. The number of alkyl halides is 2. The number of phenolic OH excluding ortho intramolecular Hbond substituents is 1. The van der Waals surface area contributed by atoms with Crippen LogP contribution in [0.3, 0.4) is 0 Å². The van der Waals surface area contributed by atoms with Crippen molar-refractivity contribution < 1.29 is 23.4 Å². The molecule has 3 aromatic carbocycles. The monoisotopic (exact) mass is 507 g/mol. The quantitative estimate of drug-likeness (QED) is 0.367. The van der Waals surface area contributed by atoms with Gasteiger partial charge in [0.15, 0.2) is 6.29 Å². The molecule has 0 radical (unpaired) electrons. The average Bonchev–Trinajstić information content (AvgIpc) is 2.90. The molecule has 3 aromatic rings. The number of hydrogen-bond acceptors (Lipinski definition) is 4. The van der Waals surface area contributed by atoms with E-state index < -0.39 is 5.92 Å². The van der Waals surface area contributed by atoms with Crippen LogP contribution in [0.1, 0.15) is 58.9 Å². The van der Waals surface area contributed by atoms with Crippen LogP contribution in [0.25, 0.3) is 0 Å². The van der Waals surface area contributed by atoms with Crippen molar-refractivity contribution in [3.63, 3.8) is 0 Å². The normalized spacial score (nSPS) is 21.7. The average molecular weight is 508 g/mol. The molecule has 2 unspecified atom stereocenters. The van der Waals surface area contributed by atoms with Crippen LogP contribution in [0.5, 0.6) is 5.75 Å². The molecule has 4 nitrogen and oxygen atoms in total.